The zero-order chi connectivity index (χ0) is 9.97. The Morgan fingerprint density at radius 1 is 1.07 bits per heavy atom. The summed E-state index contributed by atoms with van der Waals surface area (Å²) in [5.74, 6) is 1.86. The van der Waals surface area contributed by atoms with Crippen molar-refractivity contribution in [1.29, 1.82) is 0 Å². The van der Waals surface area contributed by atoms with Gasteiger partial charge in [-0.2, -0.15) is 0 Å². The molecule has 0 bridgehead atoms. The molecular formula is C12H21NO. The van der Waals surface area contributed by atoms with Crippen LogP contribution in [0.3, 0.4) is 0 Å². The molecule has 1 N–H and O–H groups in total. The van der Waals surface area contributed by atoms with E-state index in [-0.39, 0.29) is 5.91 Å². The van der Waals surface area contributed by atoms with E-state index in [1.807, 2.05) is 0 Å². The van der Waals surface area contributed by atoms with Crippen LogP contribution in [0.15, 0.2) is 0 Å². The van der Waals surface area contributed by atoms with Crippen LogP contribution in [0.5, 0.6) is 0 Å². The van der Waals surface area contributed by atoms with E-state index in [4.69, 9.17) is 0 Å². The third kappa shape index (κ3) is 2.10. The molecule has 0 aromatic rings. The number of amides is 1. The minimum atomic E-state index is 0.154. The summed E-state index contributed by atoms with van der Waals surface area (Å²) < 4.78 is 0. The molecule has 0 aromatic carbocycles. The molecule has 0 aromatic heterocycles. The van der Waals surface area contributed by atoms with Crippen molar-refractivity contribution >= 4 is 5.91 Å². The van der Waals surface area contributed by atoms with Gasteiger partial charge >= 0.3 is 0 Å². The van der Waals surface area contributed by atoms with E-state index in [2.05, 4.69) is 5.32 Å². The summed E-state index contributed by atoms with van der Waals surface area (Å²) in [4.78, 5) is 11.1. The Morgan fingerprint density at radius 3 is 2.57 bits per heavy atom. The van der Waals surface area contributed by atoms with Crippen molar-refractivity contribution in [1.82, 2.24) is 5.32 Å². The van der Waals surface area contributed by atoms with Crippen molar-refractivity contribution in [2.24, 2.45) is 11.8 Å². The Morgan fingerprint density at radius 2 is 1.79 bits per heavy atom. The third-order valence-corrected chi connectivity index (χ3v) is 3.96. The van der Waals surface area contributed by atoms with Crippen LogP contribution in [0.4, 0.5) is 0 Å². The minimum absolute atomic E-state index is 0.154. The summed E-state index contributed by atoms with van der Waals surface area (Å²) in [5, 5.41) is 3.14. The number of hydrogen-bond donors (Lipinski definition) is 1. The number of hydrogen-bond acceptors (Lipinski definition) is 1. The fraction of sp³-hybridized carbons (Fsp3) is 0.917. The highest BCUT2D eigenvalue weighted by Crippen LogP contribution is 2.40. The molecule has 2 aliphatic carbocycles. The Hall–Kier alpha value is -0.530. The molecule has 2 fully saturated rings. The van der Waals surface area contributed by atoms with Gasteiger partial charge in [-0.15, -0.1) is 0 Å². The van der Waals surface area contributed by atoms with E-state index < -0.39 is 0 Å². The van der Waals surface area contributed by atoms with Crippen molar-refractivity contribution in [3.05, 3.63) is 0 Å². The summed E-state index contributed by atoms with van der Waals surface area (Å²) in [6.45, 7) is 1.65. The molecule has 0 aliphatic heterocycles. The average Bonchev–Trinajstić information content (AvgIpc) is 2.18. The van der Waals surface area contributed by atoms with E-state index in [0.717, 1.165) is 11.8 Å². The van der Waals surface area contributed by atoms with Gasteiger partial charge in [-0.05, 0) is 24.7 Å². The van der Waals surface area contributed by atoms with Gasteiger partial charge in [-0.3, -0.25) is 4.79 Å². The first-order valence-electron chi connectivity index (χ1n) is 6.04. The van der Waals surface area contributed by atoms with Crippen LogP contribution >= 0.6 is 0 Å². The first-order chi connectivity index (χ1) is 6.77. The van der Waals surface area contributed by atoms with E-state index >= 15 is 0 Å². The summed E-state index contributed by atoms with van der Waals surface area (Å²) >= 11 is 0. The molecule has 0 radical (unpaired) electrons. The highest BCUT2D eigenvalue weighted by atomic mass is 16.1. The molecule has 0 saturated heterocycles. The summed E-state index contributed by atoms with van der Waals surface area (Å²) in [6.07, 6.45) is 9.45. The van der Waals surface area contributed by atoms with Gasteiger partial charge in [0.15, 0.2) is 0 Å². The maximum absolute atomic E-state index is 11.1. The first-order valence-corrected chi connectivity index (χ1v) is 6.04. The third-order valence-electron chi connectivity index (χ3n) is 3.96. The largest absolute Gasteiger partial charge is 0.353 e. The highest BCUT2D eigenvalue weighted by Gasteiger charge is 2.34. The van der Waals surface area contributed by atoms with Crippen molar-refractivity contribution in [2.45, 2.75) is 57.9 Å². The van der Waals surface area contributed by atoms with Crippen molar-refractivity contribution < 1.29 is 4.79 Å². The topological polar surface area (TPSA) is 29.1 Å². The second-order valence-corrected chi connectivity index (χ2v) is 4.95. The maximum atomic E-state index is 11.1. The van der Waals surface area contributed by atoms with E-state index in [9.17, 15) is 4.79 Å². The predicted octanol–water partition coefficient (Wildman–Crippen LogP) is 2.48. The zero-order valence-electron chi connectivity index (χ0n) is 9.09. The fourth-order valence-electron chi connectivity index (χ4n) is 3.38. The van der Waals surface area contributed by atoms with Crippen LogP contribution in [0.25, 0.3) is 0 Å². The van der Waals surface area contributed by atoms with Crippen molar-refractivity contribution in [3.8, 4) is 0 Å². The molecule has 2 saturated carbocycles. The van der Waals surface area contributed by atoms with E-state index in [1.165, 1.54) is 44.9 Å². The second-order valence-electron chi connectivity index (χ2n) is 4.95. The van der Waals surface area contributed by atoms with Crippen LogP contribution in [0.2, 0.25) is 0 Å². The number of fused-ring (bicyclic) bond motifs is 1. The Bertz CT molecular complexity index is 212. The van der Waals surface area contributed by atoms with Crippen LogP contribution in [0.1, 0.15) is 51.9 Å². The predicted molar refractivity (Wildman–Crippen MR) is 56.9 cm³/mol. The number of nitrogens with one attached hydrogen (secondary N) is 1. The molecule has 80 valence electrons. The molecule has 2 heteroatoms. The lowest BCUT2D eigenvalue weighted by atomic mass is 9.68. The monoisotopic (exact) mass is 195 g/mol. The van der Waals surface area contributed by atoms with E-state index in [0.29, 0.717) is 6.04 Å². The second kappa shape index (κ2) is 4.33. The Balaban J connectivity index is 1.97. The summed E-state index contributed by atoms with van der Waals surface area (Å²) in [7, 11) is 0. The highest BCUT2D eigenvalue weighted by molar-refractivity contribution is 5.73. The molecule has 1 unspecified atom stereocenters. The van der Waals surface area contributed by atoms with E-state index in [1.54, 1.807) is 6.92 Å². The Kier molecular flexibility index (Phi) is 3.09. The summed E-state index contributed by atoms with van der Waals surface area (Å²) in [5.41, 5.74) is 0. The molecule has 0 spiro atoms. The molecule has 2 rings (SSSR count). The lowest BCUT2D eigenvalue weighted by Crippen LogP contribution is -2.45. The molecule has 0 heterocycles. The molecular weight excluding hydrogens is 174 g/mol. The molecule has 1 amide bonds. The number of carbonyl (C=O) groups excluding carboxylic acids is 1. The number of rotatable bonds is 1. The Labute approximate surface area is 86.5 Å². The SMILES string of the molecule is CC(=O)NC1CCC[C@H]2CCCC[C@H]12. The van der Waals surface area contributed by atoms with Crippen LogP contribution < -0.4 is 5.32 Å². The number of carbonyl (C=O) groups is 1. The minimum Gasteiger partial charge on any atom is -0.353 e. The molecule has 14 heavy (non-hydrogen) atoms. The quantitative estimate of drug-likeness (QED) is 0.684. The lowest BCUT2D eigenvalue weighted by molar-refractivity contribution is -0.120. The van der Waals surface area contributed by atoms with Crippen LogP contribution in [-0.2, 0) is 4.79 Å². The van der Waals surface area contributed by atoms with Gasteiger partial charge in [0.25, 0.3) is 0 Å². The van der Waals surface area contributed by atoms with Crippen LogP contribution in [0, 0.1) is 11.8 Å². The van der Waals surface area contributed by atoms with Gasteiger partial charge in [-0.25, -0.2) is 0 Å². The van der Waals surface area contributed by atoms with Gasteiger partial charge in [0.1, 0.15) is 0 Å². The van der Waals surface area contributed by atoms with Crippen molar-refractivity contribution in [2.75, 3.05) is 0 Å². The maximum Gasteiger partial charge on any atom is 0.217 e. The summed E-state index contributed by atoms with van der Waals surface area (Å²) in [6, 6.07) is 0.492. The van der Waals surface area contributed by atoms with Crippen molar-refractivity contribution in [3.63, 3.8) is 0 Å². The molecule has 3 atom stereocenters. The van der Waals surface area contributed by atoms with Gasteiger partial charge in [-0.1, -0.05) is 32.1 Å². The lowest BCUT2D eigenvalue weighted by Gasteiger charge is -2.41. The normalized spacial score (nSPS) is 37.4. The van der Waals surface area contributed by atoms with Gasteiger partial charge < -0.3 is 5.32 Å². The fourth-order valence-corrected chi connectivity index (χ4v) is 3.38. The standard InChI is InChI=1S/C12H21NO/c1-9(14)13-12-8-4-6-10-5-2-3-7-11(10)12/h10-12H,2-8H2,1H3,(H,13,14)/t10-,11+,12?/m1/s1. The van der Waals surface area contributed by atoms with Crippen LogP contribution in [-0.4, -0.2) is 11.9 Å². The molecule has 2 aliphatic rings. The van der Waals surface area contributed by atoms with Gasteiger partial charge in [0.05, 0.1) is 0 Å². The smallest absolute Gasteiger partial charge is 0.217 e. The van der Waals surface area contributed by atoms with Gasteiger partial charge in [0.2, 0.25) is 5.91 Å². The first kappa shape index (κ1) is 10.0. The molecule has 2 nitrogen and oxygen atoms in total. The van der Waals surface area contributed by atoms with Gasteiger partial charge in [0, 0.05) is 13.0 Å². The zero-order valence-corrected chi connectivity index (χ0v) is 9.09. The average molecular weight is 195 g/mol.